The van der Waals surface area contributed by atoms with Crippen LogP contribution in [0.25, 0.3) is 22.5 Å². The van der Waals surface area contributed by atoms with E-state index >= 15 is 0 Å². The van der Waals surface area contributed by atoms with Crippen molar-refractivity contribution >= 4 is 0 Å². The third-order valence-corrected chi connectivity index (χ3v) is 6.93. The SMILES string of the molecule is CCCCCCCCCc1ccc(-c2ccc(-c3ccc(OC(C)C[C@@H](F)CCCC)cc3)nn2)cc1. The van der Waals surface area contributed by atoms with E-state index in [1.165, 1.54) is 50.5 Å². The van der Waals surface area contributed by atoms with Gasteiger partial charge in [-0.15, -0.1) is 10.2 Å². The molecule has 0 saturated heterocycles. The average Bonchev–Trinajstić information content (AvgIpc) is 2.92. The highest BCUT2D eigenvalue weighted by Crippen LogP contribution is 2.24. The van der Waals surface area contributed by atoms with Crippen LogP contribution in [0.5, 0.6) is 5.75 Å². The normalized spacial score (nSPS) is 12.9. The highest BCUT2D eigenvalue weighted by atomic mass is 19.1. The van der Waals surface area contributed by atoms with Crippen molar-refractivity contribution < 1.29 is 9.13 Å². The number of alkyl halides is 1. The summed E-state index contributed by atoms with van der Waals surface area (Å²) in [7, 11) is 0. The lowest BCUT2D eigenvalue weighted by Crippen LogP contribution is -2.17. The van der Waals surface area contributed by atoms with Crippen LogP contribution in [-0.2, 0) is 6.42 Å². The standard InChI is InChI=1S/C33H45FN2O/c1-4-6-8-9-10-11-12-13-27-15-17-28(18-16-27)32-23-24-33(36-35-32)29-19-21-31(22-20-29)37-26(3)25-30(34)14-7-5-2/h15-24,26,30H,4-14,25H2,1-3H3/t26?,30-/m0/s1. The molecule has 0 spiro atoms. The van der Waals surface area contributed by atoms with E-state index in [0.717, 1.165) is 47.5 Å². The summed E-state index contributed by atoms with van der Waals surface area (Å²) >= 11 is 0. The number of benzene rings is 2. The first kappa shape index (κ1) is 28.8. The van der Waals surface area contributed by atoms with Crippen LogP contribution in [0, 0.1) is 0 Å². The zero-order valence-corrected chi connectivity index (χ0v) is 23.1. The quantitative estimate of drug-likeness (QED) is 0.172. The highest BCUT2D eigenvalue weighted by Gasteiger charge is 2.13. The molecule has 1 heterocycles. The second kappa shape index (κ2) is 16.2. The van der Waals surface area contributed by atoms with Gasteiger partial charge in [-0.05, 0) is 68.1 Å². The Balaban J connectivity index is 1.47. The van der Waals surface area contributed by atoms with Crippen LogP contribution in [0.4, 0.5) is 4.39 Å². The minimum Gasteiger partial charge on any atom is -0.491 e. The van der Waals surface area contributed by atoms with Crippen molar-refractivity contribution in [2.45, 2.75) is 110 Å². The van der Waals surface area contributed by atoms with Crippen molar-refractivity contribution in [3.8, 4) is 28.3 Å². The highest BCUT2D eigenvalue weighted by molar-refractivity contribution is 5.64. The van der Waals surface area contributed by atoms with Gasteiger partial charge in [0.25, 0.3) is 0 Å². The van der Waals surface area contributed by atoms with Crippen LogP contribution in [-0.4, -0.2) is 22.5 Å². The summed E-state index contributed by atoms with van der Waals surface area (Å²) < 4.78 is 19.9. The molecule has 37 heavy (non-hydrogen) atoms. The molecule has 3 nitrogen and oxygen atoms in total. The van der Waals surface area contributed by atoms with Crippen LogP contribution in [0.15, 0.2) is 60.7 Å². The number of ether oxygens (including phenoxy) is 1. The zero-order chi connectivity index (χ0) is 26.3. The molecule has 0 fully saturated rings. The molecular formula is C33H45FN2O. The largest absolute Gasteiger partial charge is 0.491 e. The van der Waals surface area contributed by atoms with E-state index in [1.54, 1.807) is 0 Å². The Morgan fingerprint density at radius 2 is 1.22 bits per heavy atom. The molecule has 3 rings (SSSR count). The van der Waals surface area contributed by atoms with E-state index in [9.17, 15) is 4.39 Å². The van der Waals surface area contributed by atoms with Crippen molar-refractivity contribution in [1.29, 1.82) is 0 Å². The second-order valence-electron chi connectivity index (χ2n) is 10.3. The van der Waals surface area contributed by atoms with Gasteiger partial charge in [-0.3, -0.25) is 0 Å². The van der Waals surface area contributed by atoms with Crippen molar-refractivity contribution in [1.82, 2.24) is 10.2 Å². The molecule has 200 valence electrons. The number of nitrogens with zero attached hydrogens (tertiary/aromatic N) is 2. The molecule has 0 bridgehead atoms. The molecule has 0 aliphatic carbocycles. The molecule has 1 aromatic heterocycles. The van der Waals surface area contributed by atoms with Gasteiger partial charge in [0, 0.05) is 17.5 Å². The fourth-order valence-electron chi connectivity index (χ4n) is 4.66. The fraction of sp³-hybridized carbons (Fsp3) is 0.515. The van der Waals surface area contributed by atoms with Crippen molar-refractivity contribution in [3.05, 3.63) is 66.2 Å². The van der Waals surface area contributed by atoms with Crippen LogP contribution in [0.3, 0.4) is 0 Å². The van der Waals surface area contributed by atoms with E-state index in [-0.39, 0.29) is 6.10 Å². The molecule has 0 aliphatic rings. The Kier molecular flexibility index (Phi) is 12.6. The number of hydrogen-bond acceptors (Lipinski definition) is 3. The van der Waals surface area contributed by atoms with Gasteiger partial charge in [-0.2, -0.15) is 0 Å². The maximum absolute atomic E-state index is 14.0. The first-order chi connectivity index (χ1) is 18.1. The van der Waals surface area contributed by atoms with Crippen LogP contribution >= 0.6 is 0 Å². The van der Waals surface area contributed by atoms with Crippen LogP contribution in [0.2, 0.25) is 0 Å². The summed E-state index contributed by atoms with van der Waals surface area (Å²) in [5, 5.41) is 8.93. The van der Waals surface area contributed by atoms with Gasteiger partial charge >= 0.3 is 0 Å². The summed E-state index contributed by atoms with van der Waals surface area (Å²) in [6.45, 7) is 6.28. The number of hydrogen-bond donors (Lipinski definition) is 0. The number of aryl methyl sites for hydroxylation is 1. The van der Waals surface area contributed by atoms with Gasteiger partial charge in [0.1, 0.15) is 11.9 Å². The molecule has 0 N–H and O–H groups in total. The van der Waals surface area contributed by atoms with Crippen molar-refractivity contribution in [2.75, 3.05) is 0 Å². The lowest BCUT2D eigenvalue weighted by molar-refractivity contribution is 0.156. The minimum absolute atomic E-state index is 0.154. The van der Waals surface area contributed by atoms with Gasteiger partial charge in [0.05, 0.1) is 17.5 Å². The fourth-order valence-corrected chi connectivity index (χ4v) is 4.66. The monoisotopic (exact) mass is 504 g/mol. The summed E-state index contributed by atoms with van der Waals surface area (Å²) in [4.78, 5) is 0. The van der Waals surface area contributed by atoms with Crippen molar-refractivity contribution in [3.63, 3.8) is 0 Å². The summed E-state index contributed by atoms with van der Waals surface area (Å²) in [6.07, 6.45) is 12.5. The topological polar surface area (TPSA) is 35.0 Å². The van der Waals surface area contributed by atoms with Gasteiger partial charge in [0.15, 0.2) is 0 Å². The Bertz CT molecular complexity index is 1000. The molecule has 0 radical (unpaired) electrons. The third-order valence-electron chi connectivity index (χ3n) is 6.93. The lowest BCUT2D eigenvalue weighted by Gasteiger charge is -2.17. The smallest absolute Gasteiger partial charge is 0.119 e. The number of aromatic nitrogens is 2. The number of halogens is 1. The average molecular weight is 505 g/mol. The van der Waals surface area contributed by atoms with Gasteiger partial charge in [-0.1, -0.05) is 89.5 Å². The van der Waals surface area contributed by atoms with E-state index in [4.69, 9.17) is 4.74 Å². The Hall–Kier alpha value is -2.75. The van der Waals surface area contributed by atoms with Gasteiger partial charge in [0.2, 0.25) is 0 Å². The maximum atomic E-state index is 14.0. The summed E-state index contributed by atoms with van der Waals surface area (Å²) in [5.41, 5.74) is 5.16. The molecule has 1 unspecified atom stereocenters. The Morgan fingerprint density at radius 1 is 0.676 bits per heavy atom. The molecular weight excluding hydrogens is 459 g/mol. The van der Waals surface area contributed by atoms with E-state index < -0.39 is 6.17 Å². The molecule has 0 aliphatic heterocycles. The first-order valence-electron chi connectivity index (χ1n) is 14.4. The van der Waals surface area contributed by atoms with Gasteiger partial charge in [-0.25, -0.2) is 4.39 Å². The molecule has 4 heteroatoms. The van der Waals surface area contributed by atoms with E-state index in [0.29, 0.717) is 12.8 Å². The molecule has 0 amide bonds. The third kappa shape index (κ3) is 10.3. The van der Waals surface area contributed by atoms with E-state index in [1.807, 2.05) is 43.3 Å². The predicted octanol–water partition coefficient (Wildman–Crippen LogP) is 9.79. The zero-order valence-electron chi connectivity index (χ0n) is 23.1. The maximum Gasteiger partial charge on any atom is 0.119 e. The second-order valence-corrected chi connectivity index (χ2v) is 10.3. The molecule has 2 aromatic carbocycles. The van der Waals surface area contributed by atoms with Crippen LogP contribution < -0.4 is 4.74 Å². The Labute approximate surface area is 223 Å². The lowest BCUT2D eigenvalue weighted by atomic mass is 10.0. The van der Waals surface area contributed by atoms with Crippen molar-refractivity contribution in [2.24, 2.45) is 0 Å². The molecule has 3 aromatic rings. The summed E-state index contributed by atoms with van der Waals surface area (Å²) in [5.74, 6) is 0.750. The van der Waals surface area contributed by atoms with Gasteiger partial charge < -0.3 is 4.74 Å². The number of rotatable bonds is 17. The molecule has 0 saturated carbocycles. The number of unbranched alkanes of at least 4 members (excludes halogenated alkanes) is 7. The van der Waals surface area contributed by atoms with Crippen LogP contribution in [0.1, 0.15) is 97.0 Å². The minimum atomic E-state index is -0.802. The Morgan fingerprint density at radius 3 is 1.78 bits per heavy atom. The summed E-state index contributed by atoms with van der Waals surface area (Å²) in [6, 6.07) is 20.6. The predicted molar refractivity (Wildman–Crippen MR) is 154 cm³/mol. The first-order valence-corrected chi connectivity index (χ1v) is 14.4. The van der Waals surface area contributed by atoms with E-state index in [2.05, 4.69) is 48.3 Å². The molecule has 2 atom stereocenters.